The topological polar surface area (TPSA) is 12.5 Å². The zero-order valence-corrected chi connectivity index (χ0v) is 18.1. The van der Waals surface area contributed by atoms with Crippen LogP contribution in [0.15, 0.2) is 48.5 Å². The normalized spacial score (nSPS) is 9.60. The molecule has 0 bridgehead atoms. The van der Waals surface area contributed by atoms with Crippen LogP contribution in [0.3, 0.4) is 0 Å². The summed E-state index contributed by atoms with van der Waals surface area (Å²) in [6.07, 6.45) is 0. The van der Waals surface area contributed by atoms with Crippen LogP contribution < -0.4 is 62.9 Å². The van der Waals surface area contributed by atoms with E-state index in [1.165, 1.54) is 11.1 Å². The molecule has 20 heavy (non-hydrogen) atoms. The van der Waals surface area contributed by atoms with Crippen LogP contribution in [-0.4, -0.2) is 26.1 Å². The molecule has 2 aromatic rings. The number of hydrogen-bond acceptors (Lipinski definition) is 2. The molecule has 2 rings (SSSR count). The van der Waals surface area contributed by atoms with Gasteiger partial charge in [-0.05, 0) is 37.4 Å². The van der Waals surface area contributed by atoms with Crippen molar-refractivity contribution in [3.05, 3.63) is 61.5 Å². The van der Waals surface area contributed by atoms with Gasteiger partial charge in [0.25, 0.3) is 0 Å². The van der Waals surface area contributed by atoms with E-state index in [4.69, 9.17) is 4.74 Å². The Morgan fingerprint density at radius 3 is 2.20 bits per heavy atom. The summed E-state index contributed by atoms with van der Waals surface area (Å²) in [5.41, 5.74) is 3.63. The molecule has 0 radical (unpaired) electrons. The molecular weight excluding hydrogens is 320 g/mol. The second-order valence-corrected chi connectivity index (χ2v) is 4.64. The molecule has 0 aliphatic heterocycles. The first kappa shape index (κ1) is 20.0. The third kappa shape index (κ3) is 5.42. The van der Waals surface area contributed by atoms with Crippen molar-refractivity contribution in [1.29, 1.82) is 0 Å². The zero-order chi connectivity index (χ0) is 13.0. The van der Waals surface area contributed by atoms with Crippen LogP contribution >= 0.6 is 0 Å². The van der Waals surface area contributed by atoms with E-state index in [0.717, 1.165) is 17.9 Å². The first-order valence-corrected chi connectivity index (χ1v) is 6.08. The molecule has 0 saturated heterocycles. The number of methoxy groups -OCH3 is 1. The van der Waals surface area contributed by atoms with Crippen molar-refractivity contribution in [2.75, 3.05) is 21.2 Å². The molecule has 2 aromatic carbocycles. The van der Waals surface area contributed by atoms with Gasteiger partial charge < -0.3 is 17.1 Å². The van der Waals surface area contributed by atoms with Crippen molar-refractivity contribution in [2.45, 2.75) is 6.54 Å². The average molecular weight is 342 g/mol. The first-order chi connectivity index (χ1) is 8.70. The molecular formula is C17H22NORb. The fourth-order valence-corrected chi connectivity index (χ4v) is 2.06. The standard InChI is InChI=1S/C16H19NO.CH3.Rb/c1-17(2)12-13-9-10-16(18-3)15(11-13)14-7-5-4-6-8-14;;/h4-11H,12H2,1-3H3;1H3;/q;-1;+1. The van der Waals surface area contributed by atoms with Gasteiger partial charge >= 0.3 is 58.2 Å². The molecule has 0 N–H and O–H groups in total. The molecule has 0 amide bonds. The predicted molar refractivity (Wildman–Crippen MR) is 82.2 cm³/mol. The summed E-state index contributed by atoms with van der Waals surface area (Å²) in [7, 11) is 5.87. The molecule has 0 heterocycles. The number of nitrogens with zero attached hydrogens (tertiary/aromatic N) is 1. The van der Waals surface area contributed by atoms with Crippen molar-refractivity contribution >= 4 is 0 Å². The van der Waals surface area contributed by atoms with Gasteiger partial charge in [-0.2, -0.15) is 0 Å². The van der Waals surface area contributed by atoms with E-state index < -0.39 is 0 Å². The van der Waals surface area contributed by atoms with E-state index in [2.05, 4.69) is 43.3 Å². The molecule has 0 atom stereocenters. The van der Waals surface area contributed by atoms with Gasteiger partial charge in [0.1, 0.15) is 5.75 Å². The molecule has 0 saturated carbocycles. The Labute approximate surface area is 171 Å². The Morgan fingerprint density at radius 2 is 1.65 bits per heavy atom. The maximum absolute atomic E-state index is 5.45. The van der Waals surface area contributed by atoms with Crippen LogP contribution in [0, 0.1) is 7.43 Å². The van der Waals surface area contributed by atoms with Crippen LogP contribution in [0.4, 0.5) is 0 Å². The summed E-state index contributed by atoms with van der Waals surface area (Å²) in [6, 6.07) is 16.7. The Balaban J connectivity index is 0.00000180. The fourth-order valence-electron chi connectivity index (χ4n) is 2.06. The molecule has 0 fully saturated rings. The molecule has 3 heteroatoms. The minimum Gasteiger partial charge on any atom is -0.496 e. The average Bonchev–Trinajstić information content (AvgIpc) is 2.39. The number of benzene rings is 2. The maximum Gasteiger partial charge on any atom is 1.00 e. The number of rotatable bonds is 4. The van der Waals surface area contributed by atoms with Crippen molar-refractivity contribution in [1.82, 2.24) is 4.90 Å². The Bertz CT molecular complexity index is 512. The summed E-state index contributed by atoms with van der Waals surface area (Å²) in [4.78, 5) is 2.16. The molecule has 0 unspecified atom stereocenters. The van der Waals surface area contributed by atoms with Crippen molar-refractivity contribution in [2.24, 2.45) is 0 Å². The molecule has 2 nitrogen and oxygen atoms in total. The van der Waals surface area contributed by atoms with Crippen LogP contribution in [0.2, 0.25) is 0 Å². The van der Waals surface area contributed by atoms with Crippen LogP contribution in [-0.2, 0) is 6.54 Å². The number of ether oxygens (including phenoxy) is 1. The van der Waals surface area contributed by atoms with Gasteiger partial charge in [-0.3, -0.25) is 0 Å². The second kappa shape index (κ2) is 9.85. The van der Waals surface area contributed by atoms with E-state index in [9.17, 15) is 0 Å². The zero-order valence-electron chi connectivity index (χ0n) is 13.2. The maximum atomic E-state index is 5.45. The van der Waals surface area contributed by atoms with Crippen molar-refractivity contribution in [3.63, 3.8) is 0 Å². The molecule has 0 aliphatic rings. The smallest absolute Gasteiger partial charge is 0.496 e. The van der Waals surface area contributed by atoms with Gasteiger partial charge in [0.15, 0.2) is 0 Å². The van der Waals surface area contributed by atoms with Crippen LogP contribution in [0.1, 0.15) is 5.56 Å². The van der Waals surface area contributed by atoms with Crippen LogP contribution in [0.5, 0.6) is 5.75 Å². The third-order valence-corrected chi connectivity index (χ3v) is 2.85. The third-order valence-electron chi connectivity index (χ3n) is 2.85. The molecule has 0 aliphatic carbocycles. The van der Waals surface area contributed by atoms with Crippen molar-refractivity contribution in [3.8, 4) is 16.9 Å². The van der Waals surface area contributed by atoms with E-state index >= 15 is 0 Å². The van der Waals surface area contributed by atoms with E-state index in [1.54, 1.807) is 7.11 Å². The SMILES string of the molecule is COc1ccc(CN(C)C)cc1-c1ccccc1.[CH3-].[Rb+]. The monoisotopic (exact) mass is 341 g/mol. The van der Waals surface area contributed by atoms with E-state index in [0.29, 0.717) is 0 Å². The quantitative estimate of drug-likeness (QED) is 0.766. The van der Waals surface area contributed by atoms with Gasteiger partial charge in [-0.1, -0.05) is 36.4 Å². The summed E-state index contributed by atoms with van der Waals surface area (Å²) >= 11 is 0. The largest absolute Gasteiger partial charge is 1.00 e. The molecule has 0 spiro atoms. The van der Waals surface area contributed by atoms with Gasteiger partial charge in [0.2, 0.25) is 0 Å². The first-order valence-electron chi connectivity index (χ1n) is 6.08. The second-order valence-electron chi connectivity index (χ2n) is 4.64. The fraction of sp³-hybridized carbons (Fsp3) is 0.235. The predicted octanol–water partition coefficient (Wildman–Crippen LogP) is 0.878. The Morgan fingerprint density at radius 1 is 1.00 bits per heavy atom. The minimum absolute atomic E-state index is 0. The Kier molecular flexibility index (Phi) is 9.86. The van der Waals surface area contributed by atoms with Crippen LogP contribution in [0.25, 0.3) is 11.1 Å². The van der Waals surface area contributed by atoms with Gasteiger partial charge in [-0.25, -0.2) is 0 Å². The summed E-state index contributed by atoms with van der Waals surface area (Å²) < 4.78 is 5.45. The summed E-state index contributed by atoms with van der Waals surface area (Å²) in [5.74, 6) is 0.920. The summed E-state index contributed by atoms with van der Waals surface area (Å²) in [5, 5.41) is 0. The van der Waals surface area contributed by atoms with E-state index in [-0.39, 0.29) is 65.6 Å². The number of hydrogen-bond donors (Lipinski definition) is 0. The Hall–Kier alpha value is 0.00519. The molecule has 102 valence electrons. The van der Waals surface area contributed by atoms with Gasteiger partial charge in [0.05, 0.1) is 7.11 Å². The van der Waals surface area contributed by atoms with E-state index in [1.807, 2.05) is 24.3 Å². The summed E-state index contributed by atoms with van der Waals surface area (Å²) in [6.45, 7) is 0.934. The minimum atomic E-state index is 0. The molecule has 0 aromatic heterocycles. The van der Waals surface area contributed by atoms with Crippen molar-refractivity contribution < 1.29 is 62.9 Å². The van der Waals surface area contributed by atoms with Gasteiger partial charge in [-0.15, -0.1) is 0 Å². The van der Waals surface area contributed by atoms with Gasteiger partial charge in [0, 0.05) is 12.1 Å².